The number of carbonyl (C=O) groups is 1. The Labute approximate surface area is 201 Å². The van der Waals surface area contributed by atoms with Gasteiger partial charge in [-0.2, -0.15) is 19.9 Å². The fraction of sp³-hybridized carbons (Fsp3) is 0.227. The summed E-state index contributed by atoms with van der Waals surface area (Å²) in [7, 11) is -1.59. The number of sulfone groups is 1. The summed E-state index contributed by atoms with van der Waals surface area (Å²) in [5, 5.41) is 16.0. The molecule has 3 aromatic heterocycles. The topological polar surface area (TPSA) is 154 Å². The lowest BCUT2D eigenvalue weighted by Crippen LogP contribution is -2.28. The number of ether oxygens (including phenoxy) is 1. The summed E-state index contributed by atoms with van der Waals surface area (Å²) in [5.41, 5.74) is 1.79. The van der Waals surface area contributed by atoms with Gasteiger partial charge in [-0.05, 0) is 23.8 Å². The van der Waals surface area contributed by atoms with Gasteiger partial charge < -0.3 is 10.1 Å². The molecule has 0 bridgehead atoms. The van der Waals surface area contributed by atoms with Gasteiger partial charge in [-0.3, -0.25) is 4.79 Å². The molecule has 0 aliphatic rings. The lowest BCUT2D eigenvalue weighted by Gasteiger charge is -2.05. The van der Waals surface area contributed by atoms with Crippen LogP contribution in [-0.2, 0) is 16.4 Å². The van der Waals surface area contributed by atoms with Crippen molar-refractivity contribution in [1.82, 2.24) is 30.0 Å². The van der Waals surface area contributed by atoms with Gasteiger partial charge in [0, 0.05) is 24.4 Å². The quantitative estimate of drug-likeness (QED) is 0.348. The number of pyridine rings is 1. The molecule has 0 spiro atoms. The molecule has 12 nitrogen and oxygen atoms in total. The zero-order valence-electron chi connectivity index (χ0n) is 19.0. The number of hydrogen-bond donors (Lipinski definition) is 1. The normalized spacial score (nSPS) is 11.7. The summed E-state index contributed by atoms with van der Waals surface area (Å²) in [6, 6.07) is 12.1. The number of hydrogen-bond acceptors (Lipinski definition) is 10. The van der Waals surface area contributed by atoms with E-state index in [1.165, 1.54) is 6.33 Å². The first-order valence-electron chi connectivity index (χ1n) is 10.5. The Bertz CT molecular complexity index is 1480. The number of amides is 1. The van der Waals surface area contributed by atoms with Crippen molar-refractivity contribution in [2.24, 2.45) is 10.2 Å². The Morgan fingerprint density at radius 1 is 1.14 bits per heavy atom. The summed E-state index contributed by atoms with van der Waals surface area (Å²) in [5.74, 6) is 0.917. The number of fused-ring (bicyclic) bond motifs is 1. The van der Waals surface area contributed by atoms with Gasteiger partial charge >= 0.3 is 0 Å². The van der Waals surface area contributed by atoms with Crippen LogP contribution in [0.5, 0.6) is 5.88 Å². The summed E-state index contributed by atoms with van der Waals surface area (Å²) >= 11 is 0. The van der Waals surface area contributed by atoms with Crippen molar-refractivity contribution in [2.75, 3.05) is 25.7 Å². The molecule has 0 aliphatic carbocycles. The predicted molar refractivity (Wildman–Crippen MR) is 128 cm³/mol. The van der Waals surface area contributed by atoms with E-state index in [1.807, 2.05) is 0 Å². The first kappa shape index (κ1) is 23.9. The van der Waals surface area contributed by atoms with E-state index in [2.05, 4.69) is 35.6 Å². The van der Waals surface area contributed by atoms with Crippen LogP contribution in [-0.4, -0.2) is 64.7 Å². The summed E-state index contributed by atoms with van der Waals surface area (Å²) in [4.78, 5) is 25.0. The van der Waals surface area contributed by atoms with Gasteiger partial charge in [-0.25, -0.2) is 18.4 Å². The standard InChI is InChI=1S/C22H22N8O4S/c1-34-19-5-3-4-18(28-19)30-21-17(13-27-30)20(24-14-25-21)29-26-12-15-6-8-16(9-7-15)22(31)23-10-11-35(2,32)33/h3-9,13-14H,10-12H2,1-2H3,(H,23,31). The number of nitrogens with zero attached hydrogens (tertiary/aromatic N) is 7. The van der Waals surface area contributed by atoms with Gasteiger partial charge in [0.2, 0.25) is 5.88 Å². The second-order valence-corrected chi connectivity index (χ2v) is 9.77. The number of nitrogens with one attached hydrogen (secondary N) is 1. The summed E-state index contributed by atoms with van der Waals surface area (Å²) in [6.45, 7) is 0.332. The molecule has 1 amide bonds. The maximum atomic E-state index is 12.1. The van der Waals surface area contributed by atoms with Crippen molar-refractivity contribution in [3.8, 4) is 11.7 Å². The van der Waals surface area contributed by atoms with Crippen molar-refractivity contribution < 1.29 is 17.9 Å². The van der Waals surface area contributed by atoms with E-state index >= 15 is 0 Å². The molecule has 4 rings (SSSR count). The number of carbonyl (C=O) groups excluding carboxylic acids is 1. The maximum absolute atomic E-state index is 12.1. The first-order valence-corrected chi connectivity index (χ1v) is 12.5. The van der Waals surface area contributed by atoms with E-state index in [0.29, 0.717) is 34.1 Å². The SMILES string of the molecule is COc1cccc(-n2ncc3c(N=NCc4ccc(C(=O)NCCS(C)(=O)=O)cc4)ncnc32)n1. The fourth-order valence-electron chi connectivity index (χ4n) is 3.11. The first-order chi connectivity index (χ1) is 16.8. The van der Waals surface area contributed by atoms with Crippen LogP contribution in [0.25, 0.3) is 16.9 Å². The Balaban J connectivity index is 1.43. The lowest BCUT2D eigenvalue weighted by molar-refractivity contribution is 0.0956. The van der Waals surface area contributed by atoms with Crippen LogP contribution >= 0.6 is 0 Å². The molecule has 180 valence electrons. The summed E-state index contributed by atoms with van der Waals surface area (Å²) in [6.07, 6.45) is 4.10. The Kier molecular flexibility index (Phi) is 7.06. The van der Waals surface area contributed by atoms with Gasteiger partial charge in [-0.15, -0.1) is 5.11 Å². The molecule has 0 saturated carbocycles. The average molecular weight is 495 g/mol. The molecule has 0 radical (unpaired) electrons. The van der Waals surface area contributed by atoms with Crippen molar-refractivity contribution >= 4 is 32.6 Å². The van der Waals surface area contributed by atoms with Crippen LogP contribution in [0.2, 0.25) is 0 Å². The van der Waals surface area contributed by atoms with E-state index in [1.54, 1.807) is 60.5 Å². The average Bonchev–Trinajstić information content (AvgIpc) is 3.29. The molecule has 0 atom stereocenters. The molecule has 35 heavy (non-hydrogen) atoms. The lowest BCUT2D eigenvalue weighted by atomic mass is 10.1. The van der Waals surface area contributed by atoms with Gasteiger partial charge in [-0.1, -0.05) is 18.2 Å². The van der Waals surface area contributed by atoms with Gasteiger partial charge in [0.15, 0.2) is 17.3 Å². The minimum absolute atomic E-state index is 0.0610. The number of benzene rings is 1. The highest BCUT2D eigenvalue weighted by molar-refractivity contribution is 7.90. The van der Waals surface area contributed by atoms with E-state index < -0.39 is 9.84 Å². The number of methoxy groups -OCH3 is 1. The zero-order chi connectivity index (χ0) is 24.8. The van der Waals surface area contributed by atoms with Gasteiger partial charge in [0.1, 0.15) is 16.2 Å². The highest BCUT2D eigenvalue weighted by Crippen LogP contribution is 2.24. The molecule has 0 saturated heterocycles. The predicted octanol–water partition coefficient (Wildman–Crippen LogP) is 2.28. The Morgan fingerprint density at radius 3 is 2.69 bits per heavy atom. The zero-order valence-corrected chi connectivity index (χ0v) is 19.8. The molecule has 4 aromatic rings. The fourth-order valence-corrected chi connectivity index (χ4v) is 3.59. The number of rotatable bonds is 9. The second kappa shape index (κ2) is 10.3. The van der Waals surface area contributed by atoms with Crippen LogP contribution in [0.1, 0.15) is 15.9 Å². The Morgan fingerprint density at radius 2 is 1.94 bits per heavy atom. The number of azo groups is 1. The third-order valence-corrected chi connectivity index (χ3v) is 5.82. The van der Waals surface area contributed by atoms with E-state index in [9.17, 15) is 13.2 Å². The van der Waals surface area contributed by atoms with Crippen LogP contribution in [0, 0.1) is 0 Å². The van der Waals surface area contributed by atoms with E-state index in [4.69, 9.17) is 4.74 Å². The van der Waals surface area contributed by atoms with Crippen LogP contribution in [0.4, 0.5) is 5.82 Å². The van der Waals surface area contributed by atoms with Gasteiger partial charge in [0.05, 0.1) is 31.0 Å². The highest BCUT2D eigenvalue weighted by atomic mass is 32.2. The minimum atomic E-state index is -3.13. The smallest absolute Gasteiger partial charge is 0.251 e. The van der Waals surface area contributed by atoms with Crippen molar-refractivity contribution in [3.63, 3.8) is 0 Å². The summed E-state index contributed by atoms with van der Waals surface area (Å²) < 4.78 is 29.1. The second-order valence-electron chi connectivity index (χ2n) is 7.51. The van der Waals surface area contributed by atoms with E-state index in [-0.39, 0.29) is 24.7 Å². The van der Waals surface area contributed by atoms with Crippen molar-refractivity contribution in [2.45, 2.75) is 6.54 Å². The van der Waals surface area contributed by atoms with Crippen LogP contribution in [0.3, 0.4) is 0 Å². The van der Waals surface area contributed by atoms with E-state index in [0.717, 1.165) is 11.8 Å². The molecule has 13 heteroatoms. The van der Waals surface area contributed by atoms with Crippen LogP contribution < -0.4 is 10.1 Å². The van der Waals surface area contributed by atoms with Crippen molar-refractivity contribution in [1.29, 1.82) is 0 Å². The molecular formula is C22H22N8O4S. The molecule has 0 unspecified atom stereocenters. The monoisotopic (exact) mass is 494 g/mol. The molecule has 3 heterocycles. The van der Waals surface area contributed by atoms with Gasteiger partial charge in [0.25, 0.3) is 5.91 Å². The van der Waals surface area contributed by atoms with Crippen LogP contribution in [0.15, 0.2) is 65.2 Å². The Hall–Kier alpha value is -4.26. The molecular weight excluding hydrogens is 472 g/mol. The molecule has 1 aromatic carbocycles. The molecule has 0 fully saturated rings. The number of aromatic nitrogens is 5. The maximum Gasteiger partial charge on any atom is 0.251 e. The van der Waals surface area contributed by atoms with Crippen molar-refractivity contribution in [3.05, 3.63) is 66.1 Å². The third kappa shape index (κ3) is 6.00. The largest absolute Gasteiger partial charge is 0.481 e. The highest BCUT2D eigenvalue weighted by Gasteiger charge is 2.12. The third-order valence-electron chi connectivity index (χ3n) is 4.87. The minimum Gasteiger partial charge on any atom is -0.481 e. The molecule has 0 aliphatic heterocycles. The molecule has 1 N–H and O–H groups in total.